The number of carbonyl (C=O) groups is 4. The molecule has 1 saturated carbocycles. The minimum Gasteiger partial charge on any atom is -0.481 e. The molecule has 0 aliphatic heterocycles. The van der Waals surface area contributed by atoms with Gasteiger partial charge in [0.25, 0.3) is 0 Å². The highest BCUT2D eigenvalue weighted by Gasteiger charge is 2.30. The van der Waals surface area contributed by atoms with Gasteiger partial charge in [-0.15, -0.1) is 0 Å². The molecular formula is C25H27N3O6. The maximum Gasteiger partial charge on any atom is 0.407 e. The number of rotatable bonds is 10. The molecule has 0 heterocycles. The summed E-state index contributed by atoms with van der Waals surface area (Å²) in [4.78, 5) is 47.9. The van der Waals surface area contributed by atoms with Crippen molar-refractivity contribution < 1.29 is 29.0 Å². The van der Waals surface area contributed by atoms with E-state index in [2.05, 4.69) is 16.0 Å². The van der Waals surface area contributed by atoms with Crippen molar-refractivity contribution in [3.05, 3.63) is 59.7 Å². The molecule has 0 saturated heterocycles. The minimum absolute atomic E-state index is 0.0415. The molecule has 3 amide bonds. The van der Waals surface area contributed by atoms with E-state index in [0.29, 0.717) is 0 Å². The zero-order chi connectivity index (χ0) is 24.1. The monoisotopic (exact) mass is 465 g/mol. The highest BCUT2D eigenvalue weighted by Crippen LogP contribution is 2.44. The molecule has 0 spiro atoms. The average molecular weight is 466 g/mol. The van der Waals surface area contributed by atoms with Gasteiger partial charge in [0.15, 0.2) is 0 Å². The summed E-state index contributed by atoms with van der Waals surface area (Å²) in [6, 6.07) is 14.7. The average Bonchev–Trinajstić information content (AvgIpc) is 3.57. The summed E-state index contributed by atoms with van der Waals surface area (Å²) in [5.41, 5.74) is 4.25. The van der Waals surface area contributed by atoms with E-state index in [-0.39, 0.29) is 37.4 Å². The number of fused-ring (bicyclic) bond motifs is 3. The molecule has 1 atom stereocenters. The first-order chi connectivity index (χ1) is 16.4. The van der Waals surface area contributed by atoms with E-state index in [1.54, 1.807) is 0 Å². The molecule has 9 nitrogen and oxygen atoms in total. The molecule has 4 N–H and O–H groups in total. The summed E-state index contributed by atoms with van der Waals surface area (Å²) in [6.45, 7) is 0.0858. The highest BCUT2D eigenvalue weighted by atomic mass is 16.5. The lowest BCUT2D eigenvalue weighted by Crippen LogP contribution is -2.48. The van der Waals surface area contributed by atoms with Gasteiger partial charge in [-0.05, 0) is 35.1 Å². The zero-order valence-electron chi connectivity index (χ0n) is 18.6. The predicted molar refractivity (Wildman–Crippen MR) is 123 cm³/mol. The molecule has 2 aliphatic carbocycles. The van der Waals surface area contributed by atoms with E-state index >= 15 is 0 Å². The number of nitrogens with one attached hydrogen (secondary N) is 3. The molecule has 0 bridgehead atoms. The number of carbonyl (C=O) groups excluding carboxylic acids is 3. The Bertz CT molecular complexity index is 1050. The smallest absolute Gasteiger partial charge is 0.407 e. The summed E-state index contributed by atoms with van der Waals surface area (Å²) in [6.07, 6.45) is 0.512. The second-order valence-corrected chi connectivity index (χ2v) is 8.50. The van der Waals surface area contributed by atoms with Crippen molar-refractivity contribution in [1.29, 1.82) is 0 Å². The molecule has 178 valence electrons. The minimum atomic E-state index is -1.32. The SMILES string of the molecule is O=C(O)CC(NC(=O)OCC1c2ccccc2-c2ccccc21)C(=O)NCCC(=O)NC1CC1. The summed E-state index contributed by atoms with van der Waals surface area (Å²) in [7, 11) is 0. The van der Waals surface area contributed by atoms with Gasteiger partial charge in [-0.2, -0.15) is 0 Å². The van der Waals surface area contributed by atoms with E-state index in [4.69, 9.17) is 9.84 Å². The molecule has 1 fully saturated rings. The topological polar surface area (TPSA) is 134 Å². The van der Waals surface area contributed by atoms with E-state index in [1.165, 1.54) is 0 Å². The molecule has 4 rings (SSSR count). The lowest BCUT2D eigenvalue weighted by molar-refractivity contribution is -0.140. The molecule has 0 aromatic heterocycles. The van der Waals surface area contributed by atoms with Crippen molar-refractivity contribution in [3.8, 4) is 11.1 Å². The van der Waals surface area contributed by atoms with Crippen LogP contribution >= 0.6 is 0 Å². The van der Waals surface area contributed by atoms with Gasteiger partial charge < -0.3 is 25.8 Å². The Morgan fingerprint density at radius 2 is 1.59 bits per heavy atom. The quantitative estimate of drug-likeness (QED) is 0.425. The second kappa shape index (κ2) is 10.4. The normalized spacial score (nSPS) is 14.9. The highest BCUT2D eigenvalue weighted by molar-refractivity contribution is 5.89. The van der Waals surface area contributed by atoms with Crippen LogP contribution in [-0.4, -0.2) is 54.2 Å². The Morgan fingerprint density at radius 3 is 2.18 bits per heavy atom. The van der Waals surface area contributed by atoms with Gasteiger partial charge in [0.05, 0.1) is 6.42 Å². The fourth-order valence-electron chi connectivity index (χ4n) is 4.12. The summed E-state index contributed by atoms with van der Waals surface area (Å²) >= 11 is 0. The molecular weight excluding hydrogens is 438 g/mol. The molecule has 0 radical (unpaired) electrons. The third-order valence-corrected chi connectivity index (χ3v) is 5.92. The van der Waals surface area contributed by atoms with Crippen LogP contribution in [0.2, 0.25) is 0 Å². The number of hydrogen-bond acceptors (Lipinski definition) is 5. The molecule has 2 aromatic carbocycles. The lowest BCUT2D eigenvalue weighted by atomic mass is 9.98. The van der Waals surface area contributed by atoms with Crippen LogP contribution in [0.3, 0.4) is 0 Å². The number of benzene rings is 2. The van der Waals surface area contributed by atoms with Crippen LogP contribution in [0.25, 0.3) is 11.1 Å². The Morgan fingerprint density at radius 1 is 0.971 bits per heavy atom. The predicted octanol–water partition coefficient (Wildman–Crippen LogP) is 2.15. The van der Waals surface area contributed by atoms with Crippen LogP contribution in [0.4, 0.5) is 4.79 Å². The number of hydrogen-bond donors (Lipinski definition) is 4. The Hall–Kier alpha value is -3.88. The molecule has 9 heteroatoms. The van der Waals surface area contributed by atoms with Gasteiger partial charge in [-0.3, -0.25) is 14.4 Å². The number of aliphatic carboxylic acids is 1. The number of amides is 3. The van der Waals surface area contributed by atoms with Gasteiger partial charge >= 0.3 is 12.1 Å². The summed E-state index contributed by atoms with van der Waals surface area (Å²) in [5, 5.41) is 16.8. The zero-order valence-corrected chi connectivity index (χ0v) is 18.6. The van der Waals surface area contributed by atoms with Gasteiger partial charge in [0, 0.05) is 24.9 Å². The molecule has 34 heavy (non-hydrogen) atoms. The Kier molecular flexibility index (Phi) is 7.10. The standard InChI is InChI=1S/C25H27N3O6/c29-22(27-15-9-10-15)11-12-26-24(32)21(13-23(30)31)28-25(33)34-14-20-18-7-3-1-5-16(18)17-6-2-4-8-19(17)20/h1-8,15,20-21H,9-14H2,(H,26,32)(H,27,29)(H,28,33)(H,30,31). The first-order valence-corrected chi connectivity index (χ1v) is 11.3. The maximum absolute atomic E-state index is 12.5. The van der Waals surface area contributed by atoms with Crippen LogP contribution in [0.1, 0.15) is 42.7 Å². The van der Waals surface area contributed by atoms with Crippen molar-refractivity contribution in [3.63, 3.8) is 0 Å². The first-order valence-electron chi connectivity index (χ1n) is 11.3. The Labute approximate surface area is 196 Å². The van der Waals surface area contributed by atoms with Crippen molar-refractivity contribution >= 4 is 23.9 Å². The van der Waals surface area contributed by atoms with Crippen LogP contribution in [0, 0.1) is 0 Å². The van der Waals surface area contributed by atoms with Crippen molar-refractivity contribution in [1.82, 2.24) is 16.0 Å². The first kappa shape index (κ1) is 23.3. The van der Waals surface area contributed by atoms with E-state index in [9.17, 15) is 19.2 Å². The third-order valence-electron chi connectivity index (χ3n) is 5.92. The van der Waals surface area contributed by atoms with Gasteiger partial charge in [-0.1, -0.05) is 48.5 Å². The van der Waals surface area contributed by atoms with Crippen LogP contribution in [0.5, 0.6) is 0 Å². The molecule has 2 aliphatic rings. The van der Waals surface area contributed by atoms with Crippen LogP contribution < -0.4 is 16.0 Å². The number of carboxylic acids is 1. The number of ether oxygens (including phenoxy) is 1. The maximum atomic E-state index is 12.5. The lowest BCUT2D eigenvalue weighted by Gasteiger charge is -2.18. The fraction of sp³-hybridized carbons (Fsp3) is 0.360. The Balaban J connectivity index is 1.32. The number of carboxylic acid groups (broad SMARTS) is 1. The van der Waals surface area contributed by atoms with E-state index < -0.39 is 30.4 Å². The van der Waals surface area contributed by atoms with Gasteiger partial charge in [-0.25, -0.2) is 4.79 Å². The second-order valence-electron chi connectivity index (χ2n) is 8.50. The van der Waals surface area contributed by atoms with Crippen LogP contribution in [0.15, 0.2) is 48.5 Å². The van der Waals surface area contributed by atoms with Crippen molar-refractivity contribution in [2.45, 2.75) is 43.7 Å². The van der Waals surface area contributed by atoms with Crippen molar-refractivity contribution in [2.75, 3.05) is 13.2 Å². The molecule has 1 unspecified atom stereocenters. The fourth-order valence-corrected chi connectivity index (χ4v) is 4.12. The summed E-state index contributed by atoms with van der Waals surface area (Å²) < 4.78 is 5.41. The van der Waals surface area contributed by atoms with Gasteiger partial charge in [0.1, 0.15) is 12.6 Å². The largest absolute Gasteiger partial charge is 0.481 e. The number of alkyl carbamates (subject to hydrolysis) is 1. The van der Waals surface area contributed by atoms with E-state index in [0.717, 1.165) is 35.1 Å². The summed E-state index contributed by atoms with van der Waals surface area (Å²) in [5.74, 6) is -2.27. The van der Waals surface area contributed by atoms with E-state index in [1.807, 2.05) is 48.5 Å². The van der Waals surface area contributed by atoms with Crippen molar-refractivity contribution in [2.24, 2.45) is 0 Å². The molecule has 2 aromatic rings. The third kappa shape index (κ3) is 5.72. The van der Waals surface area contributed by atoms with Gasteiger partial charge in [0.2, 0.25) is 11.8 Å². The van der Waals surface area contributed by atoms with Crippen LogP contribution in [-0.2, 0) is 19.1 Å².